The molecule has 0 fully saturated rings. The fourth-order valence-corrected chi connectivity index (χ4v) is 5.02. The maximum absolute atomic E-state index is 13.3. The molecular formula is C29H24N6O4S. The third kappa shape index (κ3) is 5.41. The minimum atomic E-state index is -3.78. The van der Waals surface area contributed by atoms with E-state index in [0.717, 1.165) is 10.2 Å². The van der Waals surface area contributed by atoms with Crippen LogP contribution in [-0.4, -0.2) is 25.9 Å². The number of aryl methyl sites for hydroxylation is 1. The quantitative estimate of drug-likeness (QED) is 0.324. The molecule has 10 nitrogen and oxygen atoms in total. The standard InChI is InChI=1S/C29H24N6O4S/c1-18-4-14-24(15-5-18)40(37,38)34-22-10-6-20(7-11-22)19(2)33-35-28(32)25(16-30)27(26(17-31)29(35)36)21-8-12-23(39-3)13-9-21/h4-15,34H,32H2,1-3H3/b33-19-. The van der Waals surface area contributed by atoms with Gasteiger partial charge in [-0.05, 0) is 61.4 Å². The van der Waals surface area contributed by atoms with E-state index in [2.05, 4.69) is 9.82 Å². The van der Waals surface area contributed by atoms with Gasteiger partial charge in [-0.2, -0.15) is 20.3 Å². The normalized spacial score (nSPS) is 11.4. The zero-order valence-corrected chi connectivity index (χ0v) is 22.7. The highest BCUT2D eigenvalue weighted by Crippen LogP contribution is 2.30. The number of aromatic nitrogens is 1. The summed E-state index contributed by atoms with van der Waals surface area (Å²) in [5.74, 6) is 0.343. The van der Waals surface area contributed by atoms with Crippen molar-refractivity contribution in [2.24, 2.45) is 5.10 Å². The molecule has 4 aromatic rings. The van der Waals surface area contributed by atoms with Crippen molar-refractivity contribution in [3.8, 4) is 29.0 Å². The molecule has 0 aliphatic rings. The summed E-state index contributed by atoms with van der Waals surface area (Å²) in [6, 6.07) is 23.2. The van der Waals surface area contributed by atoms with Crippen LogP contribution in [0.15, 0.2) is 87.6 Å². The number of nitrogen functional groups attached to an aromatic ring is 1. The highest BCUT2D eigenvalue weighted by molar-refractivity contribution is 7.92. The summed E-state index contributed by atoms with van der Waals surface area (Å²) in [5.41, 5.74) is 7.82. The van der Waals surface area contributed by atoms with Crippen LogP contribution in [-0.2, 0) is 10.0 Å². The Labute approximate surface area is 231 Å². The Morgan fingerprint density at radius 2 is 1.55 bits per heavy atom. The fraction of sp³-hybridized carbons (Fsp3) is 0.103. The highest BCUT2D eigenvalue weighted by Gasteiger charge is 2.22. The molecule has 3 aromatic carbocycles. The minimum Gasteiger partial charge on any atom is -0.497 e. The Balaban J connectivity index is 1.70. The van der Waals surface area contributed by atoms with E-state index in [-0.39, 0.29) is 27.4 Å². The summed E-state index contributed by atoms with van der Waals surface area (Å²) in [4.78, 5) is 13.4. The largest absolute Gasteiger partial charge is 0.497 e. The average molecular weight is 553 g/mol. The van der Waals surface area contributed by atoms with Gasteiger partial charge in [-0.15, -0.1) is 0 Å². The van der Waals surface area contributed by atoms with Crippen molar-refractivity contribution in [1.82, 2.24) is 4.68 Å². The van der Waals surface area contributed by atoms with Crippen LogP contribution >= 0.6 is 0 Å². The predicted molar refractivity (Wildman–Crippen MR) is 153 cm³/mol. The van der Waals surface area contributed by atoms with E-state index in [0.29, 0.717) is 28.3 Å². The van der Waals surface area contributed by atoms with Crippen molar-refractivity contribution in [2.75, 3.05) is 17.6 Å². The van der Waals surface area contributed by atoms with E-state index < -0.39 is 15.6 Å². The lowest BCUT2D eigenvalue weighted by Crippen LogP contribution is -2.25. The number of methoxy groups -OCH3 is 1. The molecule has 1 heterocycles. The molecule has 200 valence electrons. The van der Waals surface area contributed by atoms with E-state index in [9.17, 15) is 23.7 Å². The van der Waals surface area contributed by atoms with Crippen LogP contribution in [0.25, 0.3) is 11.1 Å². The number of ether oxygens (including phenoxy) is 1. The van der Waals surface area contributed by atoms with Crippen LogP contribution in [0, 0.1) is 29.6 Å². The second kappa shape index (κ2) is 11.2. The summed E-state index contributed by atoms with van der Waals surface area (Å²) in [6.07, 6.45) is 0. The molecule has 0 bridgehead atoms. The smallest absolute Gasteiger partial charge is 0.291 e. The van der Waals surface area contributed by atoms with Crippen molar-refractivity contribution >= 4 is 27.2 Å². The molecule has 0 radical (unpaired) electrons. The minimum absolute atomic E-state index is 0.0706. The van der Waals surface area contributed by atoms with Gasteiger partial charge in [0.25, 0.3) is 15.6 Å². The first-order chi connectivity index (χ1) is 19.1. The Hall–Kier alpha value is -5.39. The number of hydrogen-bond acceptors (Lipinski definition) is 8. The molecule has 40 heavy (non-hydrogen) atoms. The second-order valence-corrected chi connectivity index (χ2v) is 10.4. The Morgan fingerprint density at radius 3 is 2.10 bits per heavy atom. The van der Waals surface area contributed by atoms with E-state index >= 15 is 0 Å². The maximum atomic E-state index is 13.3. The van der Waals surface area contributed by atoms with Crippen molar-refractivity contribution in [1.29, 1.82) is 10.5 Å². The van der Waals surface area contributed by atoms with Crippen LogP contribution in [0.4, 0.5) is 11.5 Å². The number of nitrogens with two attached hydrogens (primary N) is 1. The molecule has 0 aliphatic heterocycles. The van der Waals surface area contributed by atoms with Crippen molar-refractivity contribution in [2.45, 2.75) is 18.7 Å². The maximum Gasteiger partial charge on any atom is 0.291 e. The average Bonchev–Trinajstić information content (AvgIpc) is 2.95. The number of hydrogen-bond donors (Lipinski definition) is 2. The van der Waals surface area contributed by atoms with Gasteiger partial charge in [-0.3, -0.25) is 9.52 Å². The lowest BCUT2D eigenvalue weighted by atomic mass is 9.96. The van der Waals surface area contributed by atoms with Crippen LogP contribution in [0.2, 0.25) is 0 Å². The lowest BCUT2D eigenvalue weighted by molar-refractivity contribution is 0.415. The number of sulfonamides is 1. The first kappa shape index (κ1) is 27.6. The molecule has 0 spiro atoms. The van der Waals surface area contributed by atoms with Gasteiger partial charge in [0, 0.05) is 11.3 Å². The van der Waals surface area contributed by atoms with E-state index in [1.54, 1.807) is 67.6 Å². The van der Waals surface area contributed by atoms with Crippen molar-refractivity contribution in [3.05, 3.63) is 105 Å². The first-order valence-electron chi connectivity index (χ1n) is 11.9. The van der Waals surface area contributed by atoms with Crippen molar-refractivity contribution in [3.63, 3.8) is 0 Å². The summed E-state index contributed by atoms with van der Waals surface area (Å²) < 4.78 is 33.9. The van der Waals surface area contributed by atoms with Crippen LogP contribution in [0.3, 0.4) is 0 Å². The molecule has 11 heteroatoms. The molecule has 0 aliphatic carbocycles. The zero-order chi connectivity index (χ0) is 29.0. The zero-order valence-electron chi connectivity index (χ0n) is 21.8. The molecule has 4 rings (SSSR count). The van der Waals surface area contributed by atoms with E-state index in [1.807, 2.05) is 19.1 Å². The van der Waals surface area contributed by atoms with Gasteiger partial charge in [0.1, 0.15) is 34.8 Å². The van der Waals surface area contributed by atoms with Crippen LogP contribution < -0.4 is 20.8 Å². The second-order valence-electron chi connectivity index (χ2n) is 8.76. The van der Waals surface area contributed by atoms with Gasteiger partial charge >= 0.3 is 0 Å². The Morgan fingerprint density at radius 1 is 0.950 bits per heavy atom. The lowest BCUT2D eigenvalue weighted by Gasteiger charge is -2.14. The number of nitrogens with zero attached hydrogens (tertiary/aromatic N) is 4. The topological polar surface area (TPSA) is 163 Å². The van der Waals surface area contributed by atoms with Gasteiger partial charge in [0.05, 0.1) is 17.7 Å². The van der Waals surface area contributed by atoms with E-state index in [4.69, 9.17) is 10.5 Å². The fourth-order valence-electron chi connectivity index (χ4n) is 3.96. The molecule has 0 amide bonds. The first-order valence-corrected chi connectivity index (χ1v) is 13.4. The SMILES string of the molecule is COc1ccc(-c2c(C#N)c(N)n(/N=C(/C)c3ccc(NS(=O)(=O)c4ccc(C)cc4)cc3)c(=O)c2C#N)cc1. The number of nitrogens with one attached hydrogen (secondary N) is 1. The third-order valence-corrected chi connectivity index (χ3v) is 7.53. The Bertz CT molecular complexity index is 1860. The molecule has 0 saturated carbocycles. The molecule has 1 aromatic heterocycles. The molecule has 0 unspecified atom stereocenters. The monoisotopic (exact) mass is 552 g/mol. The third-order valence-electron chi connectivity index (χ3n) is 6.13. The van der Waals surface area contributed by atoms with Gasteiger partial charge < -0.3 is 10.5 Å². The van der Waals surface area contributed by atoms with Crippen LogP contribution in [0.1, 0.15) is 29.2 Å². The summed E-state index contributed by atoms with van der Waals surface area (Å²) >= 11 is 0. The summed E-state index contributed by atoms with van der Waals surface area (Å²) in [6.45, 7) is 3.48. The number of rotatable bonds is 7. The highest BCUT2D eigenvalue weighted by atomic mass is 32.2. The molecule has 3 N–H and O–H groups in total. The summed E-state index contributed by atoms with van der Waals surface area (Å²) in [7, 11) is -2.27. The predicted octanol–water partition coefficient (Wildman–Crippen LogP) is 4.23. The number of benzene rings is 3. The molecule has 0 saturated heterocycles. The van der Waals surface area contributed by atoms with Crippen molar-refractivity contribution < 1.29 is 13.2 Å². The molecular weight excluding hydrogens is 528 g/mol. The van der Waals surface area contributed by atoms with Gasteiger partial charge in [0.2, 0.25) is 0 Å². The van der Waals surface area contributed by atoms with Gasteiger partial charge in [0.15, 0.2) is 0 Å². The number of nitriles is 2. The number of pyridine rings is 1. The van der Waals surface area contributed by atoms with Crippen LogP contribution in [0.5, 0.6) is 5.75 Å². The summed E-state index contributed by atoms with van der Waals surface area (Å²) in [5, 5.41) is 24.0. The van der Waals surface area contributed by atoms with Gasteiger partial charge in [-0.1, -0.05) is 42.0 Å². The van der Waals surface area contributed by atoms with E-state index in [1.165, 1.54) is 19.2 Å². The molecule has 0 atom stereocenters. The number of anilines is 2. The van der Waals surface area contributed by atoms with Gasteiger partial charge in [-0.25, -0.2) is 8.42 Å². The Kier molecular flexibility index (Phi) is 7.71.